The third kappa shape index (κ3) is 3.42. The van der Waals surface area contributed by atoms with Crippen LogP contribution in [0.4, 0.5) is 0 Å². The lowest BCUT2D eigenvalue weighted by molar-refractivity contribution is -0.159. The van der Waals surface area contributed by atoms with Gasteiger partial charge in [-0.1, -0.05) is 43.7 Å². The summed E-state index contributed by atoms with van der Waals surface area (Å²) in [4.78, 5) is 17.5. The number of ether oxygens (including phenoxy) is 1. The number of pyridine rings is 1. The molecule has 0 radical (unpaired) electrons. The number of aryl methyl sites for hydroxylation is 1. The molecule has 1 aromatic carbocycles. The Labute approximate surface area is 188 Å². The van der Waals surface area contributed by atoms with Crippen LogP contribution in [0.5, 0.6) is 5.75 Å². The van der Waals surface area contributed by atoms with E-state index >= 15 is 0 Å². The largest absolute Gasteiger partial charge is 0.505 e. The number of hydrogen-bond acceptors (Lipinski definition) is 6. The van der Waals surface area contributed by atoms with E-state index in [1.807, 2.05) is 44.2 Å². The number of esters is 1. The molecule has 2 aromatic rings. The van der Waals surface area contributed by atoms with Gasteiger partial charge >= 0.3 is 5.97 Å². The summed E-state index contributed by atoms with van der Waals surface area (Å²) in [5.74, 6) is -2.04. The van der Waals surface area contributed by atoms with Crippen LogP contribution in [0.1, 0.15) is 56.2 Å². The predicted molar refractivity (Wildman–Crippen MR) is 121 cm³/mol. The van der Waals surface area contributed by atoms with Crippen LogP contribution in [0.15, 0.2) is 42.1 Å². The van der Waals surface area contributed by atoms with Crippen molar-refractivity contribution in [3.05, 3.63) is 58.8 Å². The Morgan fingerprint density at radius 2 is 2.09 bits per heavy atom. The molecule has 1 aliphatic heterocycles. The lowest BCUT2D eigenvalue weighted by atomic mass is 9.66. The Balaban J connectivity index is 1.84. The fraction of sp³-hybridized carbons (Fsp3) is 0.462. The number of benzene rings is 1. The van der Waals surface area contributed by atoms with Crippen molar-refractivity contribution in [3.63, 3.8) is 0 Å². The molecule has 4 rings (SSSR count). The van der Waals surface area contributed by atoms with Crippen LogP contribution in [0.2, 0.25) is 0 Å². The normalized spacial score (nSPS) is 28.1. The van der Waals surface area contributed by atoms with E-state index in [1.54, 1.807) is 20.0 Å². The number of nitrogens with zero attached hydrogens (tertiary/aromatic N) is 1. The first-order valence-corrected chi connectivity index (χ1v) is 11.2. The van der Waals surface area contributed by atoms with Crippen molar-refractivity contribution < 1.29 is 24.9 Å². The maximum absolute atomic E-state index is 12.9. The highest BCUT2D eigenvalue weighted by Crippen LogP contribution is 2.54. The fourth-order valence-corrected chi connectivity index (χ4v) is 5.17. The maximum atomic E-state index is 12.9. The summed E-state index contributed by atoms with van der Waals surface area (Å²) in [5.41, 5.74) is 2.93. The molecule has 0 amide bonds. The molecule has 2 aliphatic rings. The van der Waals surface area contributed by atoms with Gasteiger partial charge in [0.15, 0.2) is 0 Å². The molecule has 170 valence electrons. The quantitative estimate of drug-likeness (QED) is 0.486. The Morgan fingerprint density at radius 3 is 2.78 bits per heavy atom. The number of rotatable bonds is 5. The summed E-state index contributed by atoms with van der Waals surface area (Å²) in [6.45, 7) is 7.50. The Morgan fingerprint density at radius 1 is 1.38 bits per heavy atom. The highest BCUT2D eigenvalue weighted by molar-refractivity contribution is 5.80. The van der Waals surface area contributed by atoms with Crippen LogP contribution >= 0.6 is 0 Å². The molecule has 6 nitrogen and oxygen atoms in total. The third-order valence-electron chi connectivity index (χ3n) is 7.12. The topological polar surface area (TPSA) is 99.9 Å². The molecule has 32 heavy (non-hydrogen) atoms. The Hall–Kier alpha value is -2.70. The zero-order chi connectivity index (χ0) is 23.2. The highest BCUT2D eigenvalue weighted by Gasteiger charge is 2.62. The molecule has 0 bridgehead atoms. The number of aliphatic hydroxyl groups is 2. The number of fused-ring (bicyclic) bond motifs is 3. The lowest BCUT2D eigenvalue weighted by Gasteiger charge is -2.41. The standard InChI is InChI=1S/C26H31NO5/c1-5-6-9-15(3)23(29)20-21-18-13-27-22(16-11-8-7-10-14(16)2)24(30)17(18)12-19(28)26(21,4)32-25(20)31/h7-11,13,19-21,23,28-30H,5-6,12H2,1-4H3/b15-9+/t19-,20-,21+,23+,26+/m0/s1. The second kappa shape index (κ2) is 8.34. The number of hydrogen-bond donors (Lipinski definition) is 3. The van der Waals surface area contributed by atoms with Crippen LogP contribution in [0.25, 0.3) is 11.3 Å². The van der Waals surface area contributed by atoms with Gasteiger partial charge in [-0.2, -0.15) is 0 Å². The predicted octanol–water partition coefficient (Wildman–Crippen LogP) is 3.80. The van der Waals surface area contributed by atoms with Gasteiger partial charge in [-0.05, 0) is 43.9 Å². The van der Waals surface area contributed by atoms with Gasteiger partial charge in [0.25, 0.3) is 0 Å². The minimum atomic E-state index is -1.20. The number of allylic oxidation sites excluding steroid dienone is 1. The van der Waals surface area contributed by atoms with E-state index in [9.17, 15) is 20.1 Å². The molecule has 0 unspecified atom stereocenters. The van der Waals surface area contributed by atoms with Crippen molar-refractivity contribution in [2.24, 2.45) is 5.92 Å². The van der Waals surface area contributed by atoms with Gasteiger partial charge in [0.1, 0.15) is 17.0 Å². The zero-order valence-electron chi connectivity index (χ0n) is 19.0. The van der Waals surface area contributed by atoms with E-state index in [4.69, 9.17) is 4.74 Å². The molecular weight excluding hydrogens is 406 g/mol. The summed E-state index contributed by atoms with van der Waals surface area (Å²) in [6.07, 6.45) is 3.41. The molecule has 1 saturated heterocycles. The minimum Gasteiger partial charge on any atom is -0.505 e. The van der Waals surface area contributed by atoms with Gasteiger partial charge in [0.05, 0.1) is 18.1 Å². The average Bonchev–Trinajstić information content (AvgIpc) is 3.05. The monoisotopic (exact) mass is 437 g/mol. The van der Waals surface area contributed by atoms with Gasteiger partial charge in [0.2, 0.25) is 0 Å². The molecule has 3 N–H and O–H groups in total. The molecule has 1 aromatic heterocycles. The van der Waals surface area contributed by atoms with Gasteiger partial charge in [-0.15, -0.1) is 0 Å². The number of carbonyl (C=O) groups is 1. The van der Waals surface area contributed by atoms with E-state index in [0.717, 1.165) is 24.0 Å². The van der Waals surface area contributed by atoms with E-state index in [-0.39, 0.29) is 12.2 Å². The van der Waals surface area contributed by atoms with E-state index in [2.05, 4.69) is 4.98 Å². The Bertz CT molecular complexity index is 1080. The number of unbranched alkanes of at least 4 members (excludes halogenated alkanes) is 1. The van der Waals surface area contributed by atoms with Crippen LogP contribution in [0.3, 0.4) is 0 Å². The van der Waals surface area contributed by atoms with Crippen molar-refractivity contribution >= 4 is 5.97 Å². The van der Waals surface area contributed by atoms with E-state index in [0.29, 0.717) is 22.4 Å². The van der Waals surface area contributed by atoms with Crippen LogP contribution < -0.4 is 0 Å². The van der Waals surface area contributed by atoms with Gasteiger partial charge in [0, 0.05) is 29.7 Å². The highest BCUT2D eigenvalue weighted by atomic mass is 16.6. The molecule has 1 fully saturated rings. The number of aliphatic hydroxyl groups excluding tert-OH is 2. The summed E-state index contributed by atoms with van der Waals surface area (Å²) in [5, 5.41) is 33.3. The molecule has 5 atom stereocenters. The number of aromatic hydroxyl groups is 1. The van der Waals surface area contributed by atoms with Crippen molar-refractivity contribution in [2.45, 2.75) is 70.7 Å². The van der Waals surface area contributed by atoms with Crippen LogP contribution in [0, 0.1) is 12.8 Å². The minimum absolute atomic E-state index is 0.00346. The SMILES string of the molecule is CCC/C=C(\C)[C@@H](O)[C@H]1C(=O)O[C@@]2(C)[C@@H]1c1cnc(-c3ccccc3C)c(O)c1C[C@@H]2O. The van der Waals surface area contributed by atoms with E-state index < -0.39 is 35.6 Å². The van der Waals surface area contributed by atoms with E-state index in [1.165, 1.54) is 0 Å². The Kier molecular flexibility index (Phi) is 5.86. The average molecular weight is 438 g/mol. The third-order valence-corrected chi connectivity index (χ3v) is 7.12. The second-order valence-corrected chi connectivity index (χ2v) is 9.21. The van der Waals surface area contributed by atoms with Crippen LogP contribution in [-0.2, 0) is 16.0 Å². The van der Waals surface area contributed by atoms with Crippen molar-refractivity contribution in [3.8, 4) is 17.0 Å². The molecule has 1 aliphatic carbocycles. The molecule has 2 heterocycles. The lowest BCUT2D eigenvalue weighted by Crippen LogP contribution is -2.49. The first-order valence-electron chi connectivity index (χ1n) is 11.2. The first-order chi connectivity index (χ1) is 15.2. The van der Waals surface area contributed by atoms with Crippen molar-refractivity contribution in [2.75, 3.05) is 0 Å². The molecular formula is C26H31NO5. The van der Waals surface area contributed by atoms with Gasteiger partial charge < -0.3 is 20.1 Å². The summed E-state index contributed by atoms with van der Waals surface area (Å²) < 4.78 is 5.70. The van der Waals surface area contributed by atoms with Crippen molar-refractivity contribution in [1.29, 1.82) is 0 Å². The smallest absolute Gasteiger partial charge is 0.313 e. The maximum Gasteiger partial charge on any atom is 0.313 e. The van der Waals surface area contributed by atoms with Crippen LogP contribution in [-0.4, -0.2) is 44.1 Å². The number of carbonyl (C=O) groups excluding carboxylic acids is 1. The molecule has 6 heteroatoms. The first kappa shape index (κ1) is 22.5. The zero-order valence-corrected chi connectivity index (χ0v) is 19.0. The molecule has 0 spiro atoms. The summed E-state index contributed by atoms with van der Waals surface area (Å²) in [7, 11) is 0. The fourth-order valence-electron chi connectivity index (χ4n) is 5.17. The summed E-state index contributed by atoms with van der Waals surface area (Å²) >= 11 is 0. The number of aromatic nitrogens is 1. The van der Waals surface area contributed by atoms with Gasteiger partial charge in [-0.25, -0.2) is 0 Å². The van der Waals surface area contributed by atoms with Gasteiger partial charge in [-0.3, -0.25) is 9.78 Å². The molecule has 0 saturated carbocycles. The second-order valence-electron chi connectivity index (χ2n) is 9.21. The summed E-state index contributed by atoms with van der Waals surface area (Å²) in [6, 6.07) is 7.65. The van der Waals surface area contributed by atoms with Crippen molar-refractivity contribution in [1.82, 2.24) is 4.98 Å².